The van der Waals surface area contributed by atoms with Crippen molar-refractivity contribution in [2.24, 2.45) is 0 Å². The highest BCUT2D eigenvalue weighted by molar-refractivity contribution is 7.09. The summed E-state index contributed by atoms with van der Waals surface area (Å²) in [4.78, 5) is 22.5. The molecule has 0 radical (unpaired) electrons. The van der Waals surface area contributed by atoms with Crippen molar-refractivity contribution in [2.75, 3.05) is 6.54 Å². The van der Waals surface area contributed by atoms with Crippen LogP contribution < -0.4 is 0 Å². The Hall–Kier alpha value is -3.06. The van der Waals surface area contributed by atoms with E-state index in [1.807, 2.05) is 36.6 Å². The van der Waals surface area contributed by atoms with Gasteiger partial charge in [0.2, 0.25) is 0 Å². The van der Waals surface area contributed by atoms with E-state index in [2.05, 4.69) is 30.7 Å². The first-order valence-corrected chi connectivity index (χ1v) is 11.8. The number of rotatable bonds is 6. The summed E-state index contributed by atoms with van der Waals surface area (Å²) >= 11 is 1.53. The predicted octanol–water partition coefficient (Wildman–Crippen LogP) is 6.39. The summed E-state index contributed by atoms with van der Waals surface area (Å²) in [7, 11) is 0. The Labute approximate surface area is 196 Å². The van der Waals surface area contributed by atoms with Gasteiger partial charge in [0.1, 0.15) is 5.56 Å². The Morgan fingerprint density at radius 1 is 1.15 bits per heavy atom. The second kappa shape index (κ2) is 9.06. The first-order valence-electron chi connectivity index (χ1n) is 10.9. The number of nitrogens with one attached hydrogen (secondary N) is 1. The van der Waals surface area contributed by atoms with Crippen molar-refractivity contribution >= 4 is 28.1 Å². The molecular weight excluding hydrogens is 440 g/mol. The number of H-pyrrole nitrogens is 1. The lowest BCUT2D eigenvalue weighted by Gasteiger charge is -2.24. The van der Waals surface area contributed by atoms with Gasteiger partial charge < -0.3 is 9.88 Å². The number of nitrogens with zero attached hydrogens (tertiary/aromatic N) is 2. The van der Waals surface area contributed by atoms with Crippen LogP contribution in [0.4, 0.5) is 8.78 Å². The molecule has 0 aliphatic rings. The van der Waals surface area contributed by atoms with Gasteiger partial charge in [0, 0.05) is 42.2 Å². The Balaban J connectivity index is 1.67. The Bertz CT molecular complexity index is 1290. The molecule has 7 heteroatoms. The molecule has 4 nitrogen and oxygen atoms in total. The number of benzene rings is 2. The lowest BCUT2D eigenvalue weighted by Crippen LogP contribution is -2.33. The number of fused-ring (bicyclic) bond motifs is 1. The van der Waals surface area contributed by atoms with E-state index in [-0.39, 0.29) is 17.5 Å². The van der Waals surface area contributed by atoms with Crippen molar-refractivity contribution in [2.45, 2.75) is 46.1 Å². The molecule has 0 saturated carbocycles. The molecule has 33 heavy (non-hydrogen) atoms. The SMILES string of the molecule is Cc1csc(CCN(Cc2ccc(C(C)(C)C)cc2)C(=O)c2c(F)c(F)cc3cc[nH]c23)n1. The maximum absolute atomic E-state index is 14.9. The van der Waals surface area contributed by atoms with E-state index in [9.17, 15) is 13.6 Å². The number of hydrogen-bond acceptors (Lipinski definition) is 3. The van der Waals surface area contributed by atoms with Crippen LogP contribution >= 0.6 is 11.3 Å². The van der Waals surface area contributed by atoms with Gasteiger partial charge in [0.25, 0.3) is 5.91 Å². The van der Waals surface area contributed by atoms with Crippen LogP contribution in [0.5, 0.6) is 0 Å². The minimum absolute atomic E-state index is 0.0145. The van der Waals surface area contributed by atoms with E-state index in [0.717, 1.165) is 22.3 Å². The molecule has 0 fully saturated rings. The number of aromatic amines is 1. The van der Waals surface area contributed by atoms with Gasteiger partial charge in [-0.2, -0.15) is 0 Å². The minimum Gasteiger partial charge on any atom is -0.360 e. The Morgan fingerprint density at radius 2 is 1.88 bits per heavy atom. The summed E-state index contributed by atoms with van der Waals surface area (Å²) in [6.45, 7) is 8.97. The second-order valence-electron chi connectivity index (χ2n) is 9.30. The predicted molar refractivity (Wildman–Crippen MR) is 129 cm³/mol. The molecule has 1 N–H and O–H groups in total. The number of hydrogen-bond donors (Lipinski definition) is 1. The molecule has 0 bridgehead atoms. The third-order valence-corrected chi connectivity index (χ3v) is 6.72. The minimum atomic E-state index is -1.13. The number of carbonyl (C=O) groups is 1. The molecule has 2 heterocycles. The molecule has 172 valence electrons. The summed E-state index contributed by atoms with van der Waals surface area (Å²) in [5.41, 5.74) is 3.09. The van der Waals surface area contributed by atoms with Crippen molar-refractivity contribution < 1.29 is 13.6 Å². The van der Waals surface area contributed by atoms with Crippen LogP contribution in [0.2, 0.25) is 0 Å². The molecular formula is C26H27F2N3OS. The largest absolute Gasteiger partial charge is 0.360 e. The van der Waals surface area contributed by atoms with Gasteiger partial charge in [-0.3, -0.25) is 4.79 Å². The maximum atomic E-state index is 14.9. The lowest BCUT2D eigenvalue weighted by atomic mass is 9.87. The van der Waals surface area contributed by atoms with Crippen molar-refractivity contribution in [3.05, 3.63) is 87.0 Å². The average Bonchev–Trinajstić information content (AvgIpc) is 3.39. The van der Waals surface area contributed by atoms with Gasteiger partial charge in [-0.15, -0.1) is 11.3 Å². The zero-order valence-corrected chi connectivity index (χ0v) is 20.0. The number of thiazole rings is 1. The smallest absolute Gasteiger partial charge is 0.259 e. The summed E-state index contributed by atoms with van der Waals surface area (Å²) in [6.07, 6.45) is 2.11. The summed E-state index contributed by atoms with van der Waals surface area (Å²) in [6, 6.07) is 10.8. The molecule has 0 unspecified atom stereocenters. The molecule has 0 aliphatic heterocycles. The highest BCUT2D eigenvalue weighted by Gasteiger charge is 2.26. The molecule has 4 rings (SSSR count). The van der Waals surface area contributed by atoms with Crippen molar-refractivity contribution in [3.8, 4) is 0 Å². The number of carbonyl (C=O) groups excluding carboxylic acids is 1. The molecule has 4 aromatic rings. The summed E-state index contributed by atoms with van der Waals surface area (Å²) < 4.78 is 29.1. The first kappa shape index (κ1) is 23.1. The highest BCUT2D eigenvalue weighted by Crippen LogP contribution is 2.27. The van der Waals surface area contributed by atoms with Gasteiger partial charge >= 0.3 is 0 Å². The van der Waals surface area contributed by atoms with E-state index in [4.69, 9.17) is 0 Å². The molecule has 2 aromatic heterocycles. The normalized spacial score (nSPS) is 11.8. The van der Waals surface area contributed by atoms with Gasteiger partial charge in [-0.25, -0.2) is 13.8 Å². The number of halogens is 2. The van der Waals surface area contributed by atoms with Gasteiger partial charge in [0.05, 0.1) is 10.5 Å². The first-order chi connectivity index (χ1) is 15.6. The molecule has 0 aliphatic carbocycles. The summed E-state index contributed by atoms with van der Waals surface area (Å²) in [5.74, 6) is -2.71. The zero-order valence-electron chi connectivity index (χ0n) is 19.2. The Kier molecular flexibility index (Phi) is 6.34. The average molecular weight is 468 g/mol. The van der Waals surface area contributed by atoms with Crippen LogP contribution in [0.3, 0.4) is 0 Å². The van der Waals surface area contributed by atoms with Crippen LogP contribution in [-0.4, -0.2) is 27.3 Å². The molecule has 0 saturated heterocycles. The standard InChI is InChI=1S/C26H27F2N3OS/c1-16-15-33-21(30-16)10-12-31(14-17-5-7-19(8-6-17)26(2,3)4)25(32)22-23(28)20(27)13-18-9-11-29-24(18)22/h5-9,11,13,15,29H,10,12,14H2,1-4H3. The van der Waals surface area contributed by atoms with Gasteiger partial charge in [-0.1, -0.05) is 45.0 Å². The van der Waals surface area contributed by atoms with Crippen LogP contribution in [0, 0.1) is 18.6 Å². The third-order valence-electron chi connectivity index (χ3n) is 5.70. The fourth-order valence-corrected chi connectivity index (χ4v) is 4.60. The second-order valence-corrected chi connectivity index (χ2v) is 10.2. The van der Waals surface area contributed by atoms with Crippen LogP contribution in [0.25, 0.3) is 10.9 Å². The number of amides is 1. The monoisotopic (exact) mass is 467 g/mol. The zero-order chi connectivity index (χ0) is 23.8. The van der Waals surface area contributed by atoms with Crippen LogP contribution in [0.15, 0.2) is 48.0 Å². The van der Waals surface area contributed by atoms with Crippen molar-refractivity contribution in [3.63, 3.8) is 0 Å². The Morgan fingerprint density at radius 3 is 2.52 bits per heavy atom. The lowest BCUT2D eigenvalue weighted by molar-refractivity contribution is 0.0741. The fourth-order valence-electron chi connectivity index (χ4n) is 3.84. The quantitative estimate of drug-likeness (QED) is 0.357. The van der Waals surface area contributed by atoms with E-state index in [0.29, 0.717) is 23.9 Å². The molecule has 0 atom stereocenters. The molecule has 2 aromatic carbocycles. The van der Waals surface area contributed by atoms with Crippen molar-refractivity contribution in [1.29, 1.82) is 0 Å². The molecule has 1 amide bonds. The van der Waals surface area contributed by atoms with E-state index in [1.54, 1.807) is 17.2 Å². The van der Waals surface area contributed by atoms with E-state index in [1.165, 1.54) is 16.9 Å². The van der Waals surface area contributed by atoms with Crippen LogP contribution in [0.1, 0.15) is 53.0 Å². The summed E-state index contributed by atoms with van der Waals surface area (Å²) in [5, 5.41) is 3.32. The molecule has 0 spiro atoms. The van der Waals surface area contributed by atoms with E-state index >= 15 is 0 Å². The fraction of sp³-hybridized carbons (Fsp3) is 0.308. The van der Waals surface area contributed by atoms with Gasteiger partial charge in [0.15, 0.2) is 11.6 Å². The van der Waals surface area contributed by atoms with Crippen molar-refractivity contribution in [1.82, 2.24) is 14.9 Å². The maximum Gasteiger partial charge on any atom is 0.259 e. The van der Waals surface area contributed by atoms with Gasteiger partial charge in [-0.05, 0) is 35.6 Å². The highest BCUT2D eigenvalue weighted by atomic mass is 32.1. The topological polar surface area (TPSA) is 49.0 Å². The third kappa shape index (κ3) is 4.98. The van der Waals surface area contributed by atoms with E-state index < -0.39 is 17.5 Å². The van der Waals surface area contributed by atoms with Crippen LogP contribution in [-0.2, 0) is 18.4 Å². The number of aryl methyl sites for hydroxylation is 1. The number of aromatic nitrogens is 2.